The van der Waals surface area contributed by atoms with E-state index in [-0.39, 0.29) is 6.10 Å². The van der Waals surface area contributed by atoms with Gasteiger partial charge in [0.15, 0.2) is 0 Å². The summed E-state index contributed by atoms with van der Waals surface area (Å²) in [6.07, 6.45) is 10.5. The topological polar surface area (TPSA) is 71.9 Å². The lowest BCUT2D eigenvalue weighted by atomic mass is 9.80. The molecule has 0 radical (unpaired) electrons. The van der Waals surface area contributed by atoms with E-state index in [2.05, 4.69) is 54.7 Å². The number of anilines is 1. The molecule has 1 unspecified atom stereocenters. The van der Waals surface area contributed by atoms with Gasteiger partial charge in [-0.1, -0.05) is 19.9 Å². The van der Waals surface area contributed by atoms with Gasteiger partial charge in [-0.15, -0.1) is 0 Å². The van der Waals surface area contributed by atoms with Crippen molar-refractivity contribution < 1.29 is 9.47 Å². The minimum absolute atomic E-state index is 0.108. The molecule has 184 valence electrons. The Morgan fingerprint density at radius 3 is 2.55 bits per heavy atom. The molecule has 2 heterocycles. The molecule has 1 saturated carbocycles. The van der Waals surface area contributed by atoms with Crippen molar-refractivity contribution in [2.75, 3.05) is 39.7 Å². The van der Waals surface area contributed by atoms with E-state index in [4.69, 9.17) is 14.5 Å². The summed E-state index contributed by atoms with van der Waals surface area (Å²) in [7, 11) is 6.13. The third kappa shape index (κ3) is 7.00. The third-order valence-corrected chi connectivity index (χ3v) is 6.99. The van der Waals surface area contributed by atoms with Gasteiger partial charge in [-0.3, -0.25) is 4.99 Å². The van der Waals surface area contributed by atoms with Gasteiger partial charge in [0.2, 0.25) is 11.8 Å². The second kappa shape index (κ2) is 12.5. The molecule has 1 atom stereocenters. The molecule has 0 bridgehead atoms. The lowest BCUT2D eigenvalue weighted by Crippen LogP contribution is -2.32. The molecule has 0 aromatic carbocycles. The summed E-state index contributed by atoms with van der Waals surface area (Å²) in [5, 5.41) is 3.46. The summed E-state index contributed by atoms with van der Waals surface area (Å²) >= 11 is 0. The van der Waals surface area contributed by atoms with Gasteiger partial charge in [-0.2, -0.15) is 0 Å². The van der Waals surface area contributed by atoms with Crippen LogP contribution in [-0.4, -0.2) is 73.3 Å². The molecule has 0 spiro atoms. The number of nitrogens with zero attached hydrogens (tertiary/aromatic N) is 4. The number of aromatic nitrogens is 2. The fourth-order valence-corrected chi connectivity index (χ4v) is 4.90. The van der Waals surface area contributed by atoms with Gasteiger partial charge in [0.1, 0.15) is 6.10 Å². The Morgan fingerprint density at radius 2 is 1.94 bits per heavy atom. The summed E-state index contributed by atoms with van der Waals surface area (Å²) in [6, 6.07) is 0.964. The zero-order valence-corrected chi connectivity index (χ0v) is 21.3. The van der Waals surface area contributed by atoms with Crippen LogP contribution in [0.15, 0.2) is 17.8 Å². The van der Waals surface area contributed by atoms with Crippen molar-refractivity contribution in [3.63, 3.8) is 0 Å². The van der Waals surface area contributed by atoms with Crippen molar-refractivity contribution in [3.8, 4) is 0 Å². The Hall–Kier alpha value is -1.99. The predicted octanol–water partition coefficient (Wildman–Crippen LogP) is 4.78. The second-order valence-electron chi connectivity index (χ2n) is 9.74. The van der Waals surface area contributed by atoms with Gasteiger partial charge in [-0.05, 0) is 64.6 Å². The Balaban J connectivity index is 1.85. The smallest absolute Gasteiger partial charge is 0.223 e. The highest BCUT2D eigenvalue weighted by atomic mass is 16.5. The molecule has 7 nitrogen and oxygen atoms in total. The van der Waals surface area contributed by atoms with Gasteiger partial charge < -0.3 is 19.7 Å². The number of hydrogen-bond donors (Lipinski definition) is 1. The van der Waals surface area contributed by atoms with Crippen LogP contribution in [0.3, 0.4) is 0 Å². The molecule has 1 aliphatic heterocycles. The summed E-state index contributed by atoms with van der Waals surface area (Å²) < 4.78 is 11.8. The van der Waals surface area contributed by atoms with Crippen LogP contribution in [0, 0.1) is 5.92 Å². The number of rotatable bonds is 9. The summed E-state index contributed by atoms with van der Waals surface area (Å²) in [5.41, 5.74) is 2.79. The molecular weight excluding hydrogens is 414 g/mol. The summed E-state index contributed by atoms with van der Waals surface area (Å²) in [5.74, 6) is 1.67. The van der Waals surface area contributed by atoms with Gasteiger partial charge in [0, 0.05) is 38.2 Å². The number of nitrogens with one attached hydrogen (secondary N) is 1. The minimum atomic E-state index is 0.108. The average molecular weight is 458 g/mol. The monoisotopic (exact) mass is 457 g/mol. The summed E-state index contributed by atoms with van der Waals surface area (Å²) in [4.78, 5) is 16.4. The normalized spacial score (nSPS) is 23.4. The van der Waals surface area contributed by atoms with Crippen LogP contribution < -0.4 is 5.32 Å². The van der Waals surface area contributed by atoms with E-state index in [0.717, 1.165) is 68.6 Å². The predicted molar refractivity (Wildman–Crippen MR) is 136 cm³/mol. The van der Waals surface area contributed by atoms with Crippen molar-refractivity contribution in [2.45, 2.75) is 83.4 Å². The number of ether oxygens (including phenoxy) is 2. The van der Waals surface area contributed by atoms with Crippen molar-refractivity contribution in [2.24, 2.45) is 10.9 Å². The highest BCUT2D eigenvalue weighted by Crippen LogP contribution is 2.36. The van der Waals surface area contributed by atoms with Crippen molar-refractivity contribution >= 4 is 17.4 Å². The first kappa shape index (κ1) is 25.6. The highest BCUT2D eigenvalue weighted by molar-refractivity contribution is 5.98. The van der Waals surface area contributed by atoms with E-state index in [1.165, 1.54) is 12.8 Å². The average Bonchev–Trinajstić information content (AvgIpc) is 2.83. The molecule has 2 fully saturated rings. The van der Waals surface area contributed by atoms with Crippen LogP contribution in [0.2, 0.25) is 0 Å². The van der Waals surface area contributed by atoms with Gasteiger partial charge in [-0.25, -0.2) is 9.97 Å². The van der Waals surface area contributed by atoms with Crippen LogP contribution in [-0.2, 0) is 9.47 Å². The van der Waals surface area contributed by atoms with E-state index >= 15 is 0 Å². The first-order valence-corrected chi connectivity index (χ1v) is 12.6. The highest BCUT2D eigenvalue weighted by Gasteiger charge is 2.28. The van der Waals surface area contributed by atoms with Crippen molar-refractivity contribution in [3.05, 3.63) is 24.0 Å². The van der Waals surface area contributed by atoms with E-state index < -0.39 is 0 Å². The van der Waals surface area contributed by atoms with E-state index in [1.54, 1.807) is 7.05 Å². The van der Waals surface area contributed by atoms with E-state index in [0.29, 0.717) is 29.8 Å². The Bertz CT molecular complexity index is 796. The van der Waals surface area contributed by atoms with Crippen LogP contribution in [0.25, 0.3) is 5.57 Å². The molecule has 0 amide bonds. The molecule has 1 saturated heterocycles. The van der Waals surface area contributed by atoms with Gasteiger partial charge in [0.25, 0.3) is 0 Å². The van der Waals surface area contributed by atoms with Crippen LogP contribution in [0.1, 0.15) is 76.5 Å². The van der Waals surface area contributed by atoms with Crippen LogP contribution in [0.5, 0.6) is 0 Å². The minimum Gasteiger partial charge on any atom is -0.474 e. The molecule has 1 aromatic rings. The van der Waals surface area contributed by atoms with Crippen LogP contribution in [0.4, 0.5) is 5.95 Å². The maximum Gasteiger partial charge on any atom is 0.223 e. The van der Waals surface area contributed by atoms with E-state index in [9.17, 15) is 0 Å². The number of aliphatic imine (C=N–C) groups is 1. The Kier molecular flexibility index (Phi) is 9.68. The molecule has 3 rings (SSSR count). The van der Waals surface area contributed by atoms with E-state index in [1.807, 2.05) is 6.20 Å². The summed E-state index contributed by atoms with van der Waals surface area (Å²) in [6.45, 7) is 10.4. The first-order valence-electron chi connectivity index (χ1n) is 12.6. The largest absolute Gasteiger partial charge is 0.474 e. The Morgan fingerprint density at radius 1 is 1.24 bits per heavy atom. The number of allylic oxidation sites excluding steroid dienone is 1. The lowest BCUT2D eigenvalue weighted by Gasteiger charge is -2.33. The quantitative estimate of drug-likeness (QED) is 0.425. The van der Waals surface area contributed by atoms with Gasteiger partial charge in [0.05, 0.1) is 24.5 Å². The molecule has 1 N–H and O–H groups in total. The standard InChI is InChI=1S/C26H43N5O2/c1-7-8-18(2)29-26-28-17-23(25(27-4)33-22-13-15-32-16-14-22)24(30-26)19(3)20-9-11-21(12-10-20)31(5)6/h17-18,20-22H,3,7-16H2,1-2,4-6H3,(H,28,29,30)/b27-25+/t18?,20-,21+. The van der Waals surface area contributed by atoms with Gasteiger partial charge >= 0.3 is 0 Å². The molecule has 1 aromatic heterocycles. The zero-order chi connectivity index (χ0) is 23.8. The molecular formula is C26H43N5O2. The molecule has 33 heavy (non-hydrogen) atoms. The zero-order valence-electron chi connectivity index (χ0n) is 21.3. The first-order chi connectivity index (χ1) is 15.9. The van der Waals surface area contributed by atoms with Crippen molar-refractivity contribution in [1.82, 2.24) is 14.9 Å². The fourth-order valence-electron chi connectivity index (χ4n) is 4.90. The fraction of sp³-hybridized carbons (Fsp3) is 0.731. The Labute approximate surface area is 200 Å². The molecule has 2 aliphatic rings. The third-order valence-electron chi connectivity index (χ3n) is 6.99. The lowest BCUT2D eigenvalue weighted by molar-refractivity contribution is 0.0205. The van der Waals surface area contributed by atoms with Crippen molar-refractivity contribution in [1.29, 1.82) is 0 Å². The van der Waals surface area contributed by atoms with Crippen LogP contribution >= 0.6 is 0 Å². The number of hydrogen-bond acceptors (Lipinski definition) is 7. The molecule has 7 heteroatoms. The molecule has 1 aliphatic carbocycles. The maximum absolute atomic E-state index is 6.33. The maximum atomic E-state index is 6.33. The second-order valence-corrected chi connectivity index (χ2v) is 9.74. The SMILES string of the molecule is C=C(c1nc(NC(C)CCC)ncc1/C(=N\C)OC1CCOCC1)[C@H]1CC[C@@H](N(C)C)CC1.